The Hall–Kier alpha value is -0.920. The molecule has 0 aliphatic carbocycles. The highest BCUT2D eigenvalue weighted by atomic mass is 15.2. The highest BCUT2D eigenvalue weighted by Gasteiger charge is 2.11. The lowest BCUT2D eigenvalue weighted by molar-refractivity contribution is 0.315. The minimum atomic E-state index is 0.599. The van der Waals surface area contributed by atoms with Crippen molar-refractivity contribution in [3.05, 3.63) is 24.8 Å². The van der Waals surface area contributed by atoms with Crippen LogP contribution in [0.4, 0.5) is 0 Å². The molecular weight excluding hydrogens is 172 g/mol. The summed E-state index contributed by atoms with van der Waals surface area (Å²) in [5.41, 5.74) is 0. The zero-order valence-electron chi connectivity index (χ0n) is 9.77. The van der Waals surface area contributed by atoms with Crippen molar-refractivity contribution in [1.29, 1.82) is 0 Å². The highest BCUT2D eigenvalue weighted by Crippen LogP contribution is 2.14. The maximum atomic E-state index is 2.26. The van der Waals surface area contributed by atoms with Crippen molar-refractivity contribution in [2.75, 3.05) is 0 Å². The molecule has 0 radical (unpaired) electrons. The minimum absolute atomic E-state index is 0.599. The fourth-order valence-corrected chi connectivity index (χ4v) is 1.42. The van der Waals surface area contributed by atoms with Crippen LogP contribution in [0.5, 0.6) is 0 Å². The standard InChI is InChI=1S/C12H22N2/c1-5-11(3)13-7-9-14(10-8-13)12(4)6-2/h7-12H,5-6H2,1-4H3. The molecule has 0 bridgehead atoms. The molecule has 1 aliphatic rings. The van der Waals surface area contributed by atoms with Crippen molar-refractivity contribution >= 4 is 0 Å². The zero-order valence-corrected chi connectivity index (χ0v) is 9.77. The molecule has 2 unspecified atom stereocenters. The number of hydrogen-bond acceptors (Lipinski definition) is 2. The molecule has 0 aromatic rings. The van der Waals surface area contributed by atoms with E-state index in [0.29, 0.717) is 12.1 Å². The molecule has 2 atom stereocenters. The molecule has 1 heterocycles. The van der Waals surface area contributed by atoms with Gasteiger partial charge in [0.1, 0.15) is 0 Å². The molecule has 2 heteroatoms. The fourth-order valence-electron chi connectivity index (χ4n) is 1.42. The Kier molecular flexibility index (Phi) is 4.05. The molecule has 1 rings (SSSR count). The molecule has 2 nitrogen and oxygen atoms in total. The van der Waals surface area contributed by atoms with Gasteiger partial charge in [-0.05, 0) is 26.7 Å². The molecular formula is C12H22N2. The first-order chi connectivity index (χ1) is 6.69. The van der Waals surface area contributed by atoms with Gasteiger partial charge in [0.2, 0.25) is 0 Å². The first kappa shape index (κ1) is 11.2. The van der Waals surface area contributed by atoms with Crippen LogP contribution >= 0.6 is 0 Å². The molecule has 0 saturated heterocycles. The van der Waals surface area contributed by atoms with E-state index in [4.69, 9.17) is 0 Å². The van der Waals surface area contributed by atoms with E-state index in [1.165, 1.54) is 12.8 Å². The van der Waals surface area contributed by atoms with Gasteiger partial charge in [-0.15, -0.1) is 0 Å². The predicted molar refractivity (Wildman–Crippen MR) is 61.5 cm³/mol. The molecule has 1 aliphatic heterocycles. The van der Waals surface area contributed by atoms with Gasteiger partial charge < -0.3 is 9.80 Å². The normalized spacial score (nSPS) is 20.0. The maximum Gasteiger partial charge on any atom is 0.0301 e. The zero-order chi connectivity index (χ0) is 10.6. The Morgan fingerprint density at radius 1 is 0.786 bits per heavy atom. The summed E-state index contributed by atoms with van der Waals surface area (Å²) < 4.78 is 0. The lowest BCUT2D eigenvalue weighted by Gasteiger charge is -2.31. The van der Waals surface area contributed by atoms with E-state index in [1.54, 1.807) is 0 Å². The molecule has 0 N–H and O–H groups in total. The lowest BCUT2D eigenvalue weighted by Crippen LogP contribution is -2.30. The van der Waals surface area contributed by atoms with Crippen LogP contribution in [0.3, 0.4) is 0 Å². The second-order valence-corrected chi connectivity index (χ2v) is 4.01. The summed E-state index contributed by atoms with van der Waals surface area (Å²) in [5, 5.41) is 0. The largest absolute Gasteiger partial charge is 0.349 e. The monoisotopic (exact) mass is 194 g/mol. The molecule has 80 valence electrons. The first-order valence-corrected chi connectivity index (χ1v) is 5.60. The van der Waals surface area contributed by atoms with Gasteiger partial charge in [0.05, 0.1) is 0 Å². The summed E-state index contributed by atoms with van der Waals surface area (Å²) in [5.74, 6) is 0. The van der Waals surface area contributed by atoms with Gasteiger partial charge in [-0.1, -0.05) is 13.8 Å². The SMILES string of the molecule is CCC(C)N1C=CN(C(C)CC)C=C1. The summed E-state index contributed by atoms with van der Waals surface area (Å²) in [6.45, 7) is 8.92. The maximum absolute atomic E-state index is 2.26. The van der Waals surface area contributed by atoms with Crippen LogP contribution in [0.2, 0.25) is 0 Å². The van der Waals surface area contributed by atoms with Gasteiger partial charge in [0.15, 0.2) is 0 Å². The Morgan fingerprint density at radius 3 is 1.29 bits per heavy atom. The van der Waals surface area contributed by atoms with Crippen LogP contribution in [0.15, 0.2) is 24.8 Å². The molecule has 14 heavy (non-hydrogen) atoms. The fraction of sp³-hybridized carbons (Fsp3) is 0.667. The van der Waals surface area contributed by atoms with Crippen molar-refractivity contribution in [1.82, 2.24) is 9.80 Å². The lowest BCUT2D eigenvalue weighted by atomic mass is 10.2. The summed E-state index contributed by atoms with van der Waals surface area (Å²) in [6.07, 6.45) is 11.0. The van der Waals surface area contributed by atoms with Crippen LogP contribution in [0, 0.1) is 0 Å². The highest BCUT2D eigenvalue weighted by molar-refractivity contribution is 5.03. The smallest absolute Gasteiger partial charge is 0.0301 e. The Bertz CT molecular complexity index is 184. The Labute approximate surface area is 87.9 Å². The third kappa shape index (κ3) is 2.53. The van der Waals surface area contributed by atoms with Crippen LogP contribution in [0.25, 0.3) is 0 Å². The van der Waals surface area contributed by atoms with E-state index in [0.717, 1.165) is 0 Å². The molecule has 0 aromatic carbocycles. The van der Waals surface area contributed by atoms with Crippen molar-refractivity contribution in [3.8, 4) is 0 Å². The van der Waals surface area contributed by atoms with E-state index < -0.39 is 0 Å². The average Bonchev–Trinajstić information content (AvgIpc) is 2.27. The van der Waals surface area contributed by atoms with Crippen molar-refractivity contribution < 1.29 is 0 Å². The molecule has 0 spiro atoms. The average molecular weight is 194 g/mol. The number of nitrogens with zero attached hydrogens (tertiary/aromatic N) is 2. The van der Waals surface area contributed by atoms with Gasteiger partial charge in [-0.3, -0.25) is 0 Å². The number of rotatable bonds is 4. The van der Waals surface area contributed by atoms with E-state index in [2.05, 4.69) is 62.3 Å². The molecule has 0 aromatic heterocycles. The molecule has 0 amide bonds. The first-order valence-electron chi connectivity index (χ1n) is 5.60. The van der Waals surface area contributed by atoms with Crippen molar-refractivity contribution in [3.63, 3.8) is 0 Å². The van der Waals surface area contributed by atoms with Crippen LogP contribution in [0.1, 0.15) is 40.5 Å². The summed E-state index contributed by atoms with van der Waals surface area (Å²) in [6, 6.07) is 1.20. The van der Waals surface area contributed by atoms with E-state index in [9.17, 15) is 0 Å². The second kappa shape index (κ2) is 5.08. The van der Waals surface area contributed by atoms with Crippen molar-refractivity contribution in [2.45, 2.75) is 52.6 Å². The van der Waals surface area contributed by atoms with Crippen LogP contribution in [-0.4, -0.2) is 21.9 Å². The van der Waals surface area contributed by atoms with Gasteiger partial charge in [0.25, 0.3) is 0 Å². The van der Waals surface area contributed by atoms with Gasteiger partial charge >= 0.3 is 0 Å². The quantitative estimate of drug-likeness (QED) is 0.678. The van der Waals surface area contributed by atoms with E-state index in [1.807, 2.05) is 0 Å². The third-order valence-corrected chi connectivity index (χ3v) is 3.02. The van der Waals surface area contributed by atoms with Crippen LogP contribution in [-0.2, 0) is 0 Å². The summed E-state index contributed by atoms with van der Waals surface area (Å²) in [7, 11) is 0. The van der Waals surface area contributed by atoms with E-state index >= 15 is 0 Å². The third-order valence-electron chi connectivity index (χ3n) is 3.02. The van der Waals surface area contributed by atoms with E-state index in [-0.39, 0.29) is 0 Å². The Balaban J connectivity index is 2.52. The second-order valence-electron chi connectivity index (χ2n) is 4.01. The Morgan fingerprint density at radius 2 is 1.07 bits per heavy atom. The molecule has 0 fully saturated rings. The van der Waals surface area contributed by atoms with Gasteiger partial charge in [-0.25, -0.2) is 0 Å². The topological polar surface area (TPSA) is 6.48 Å². The van der Waals surface area contributed by atoms with Crippen molar-refractivity contribution in [2.24, 2.45) is 0 Å². The summed E-state index contributed by atoms with van der Waals surface area (Å²) >= 11 is 0. The molecule has 0 saturated carbocycles. The predicted octanol–water partition coefficient (Wildman–Crippen LogP) is 3.14. The minimum Gasteiger partial charge on any atom is -0.349 e. The van der Waals surface area contributed by atoms with Gasteiger partial charge in [0, 0.05) is 36.9 Å². The summed E-state index contributed by atoms with van der Waals surface area (Å²) in [4.78, 5) is 4.53. The van der Waals surface area contributed by atoms with Gasteiger partial charge in [-0.2, -0.15) is 0 Å². The number of hydrogen-bond donors (Lipinski definition) is 0. The van der Waals surface area contributed by atoms with Crippen LogP contribution < -0.4 is 0 Å².